The van der Waals surface area contributed by atoms with Gasteiger partial charge in [0.05, 0.1) is 18.8 Å². The highest BCUT2D eigenvalue weighted by Crippen LogP contribution is 2.18. The molecular formula is C42H76O8. The minimum Gasteiger partial charge on any atom is -0.494 e. The highest BCUT2D eigenvalue weighted by Gasteiger charge is 2.30. The van der Waals surface area contributed by atoms with E-state index >= 15 is 0 Å². The number of esters is 1. The molecule has 1 rings (SSSR count). The number of rotatable bonds is 36. The molecular weight excluding hydrogens is 632 g/mol. The lowest BCUT2D eigenvalue weighted by Gasteiger charge is -2.25. The standard InChI is InChI=1S/C42H76O8/c1-2-3-4-5-6-7-8-9-10-11-12-13-14-15-16-17-18-19-20-21-22-23-24-25-26-27-28-33-49-37-31-29-36(30-32-37)42(48)50-35-39(45)41(47)40(46)38(44)34-43/h29-32,38-41,43-47H,2-28,33-35H2,1H3/t38-,39+,40+,41+/m0/s1. The largest absolute Gasteiger partial charge is 0.494 e. The average molecular weight is 709 g/mol. The highest BCUT2D eigenvalue weighted by atomic mass is 16.5. The van der Waals surface area contributed by atoms with Crippen LogP contribution in [0, 0.1) is 0 Å². The Morgan fingerprint density at radius 2 is 0.860 bits per heavy atom. The molecule has 0 aliphatic rings. The van der Waals surface area contributed by atoms with Crippen LogP contribution in [0.1, 0.15) is 191 Å². The summed E-state index contributed by atoms with van der Waals surface area (Å²) in [6, 6.07) is 6.49. The maximum Gasteiger partial charge on any atom is 0.338 e. The zero-order valence-corrected chi connectivity index (χ0v) is 31.8. The first kappa shape index (κ1) is 46.3. The van der Waals surface area contributed by atoms with E-state index in [1.54, 1.807) is 24.3 Å². The average Bonchev–Trinajstić information content (AvgIpc) is 3.14. The molecule has 0 heterocycles. The van der Waals surface area contributed by atoms with Gasteiger partial charge in [-0.3, -0.25) is 0 Å². The number of aliphatic hydroxyl groups is 5. The van der Waals surface area contributed by atoms with Gasteiger partial charge < -0.3 is 35.0 Å². The second-order valence-electron chi connectivity index (χ2n) is 14.5. The molecule has 0 saturated heterocycles. The maximum absolute atomic E-state index is 12.2. The number of hydrogen-bond acceptors (Lipinski definition) is 8. The van der Waals surface area contributed by atoms with Crippen LogP contribution in [-0.4, -0.2) is 75.7 Å². The third-order valence-corrected chi connectivity index (χ3v) is 9.82. The maximum atomic E-state index is 12.2. The van der Waals surface area contributed by atoms with E-state index in [1.807, 2.05) is 0 Å². The number of ether oxygens (including phenoxy) is 2. The van der Waals surface area contributed by atoms with E-state index < -0.39 is 43.6 Å². The fraction of sp³-hybridized carbons (Fsp3) is 0.833. The molecule has 0 unspecified atom stereocenters. The van der Waals surface area contributed by atoms with Crippen molar-refractivity contribution in [3.63, 3.8) is 0 Å². The Labute approximate surface area is 305 Å². The Kier molecular flexibility index (Phi) is 30.7. The minimum absolute atomic E-state index is 0.255. The zero-order chi connectivity index (χ0) is 36.5. The Bertz CT molecular complexity index is 879. The molecule has 1 aromatic rings. The van der Waals surface area contributed by atoms with E-state index in [-0.39, 0.29) is 5.56 Å². The van der Waals surface area contributed by atoms with Crippen molar-refractivity contribution in [3.05, 3.63) is 29.8 Å². The second-order valence-corrected chi connectivity index (χ2v) is 14.5. The Morgan fingerprint density at radius 3 is 1.22 bits per heavy atom. The molecule has 0 aromatic heterocycles. The first-order valence-electron chi connectivity index (χ1n) is 20.6. The van der Waals surface area contributed by atoms with Gasteiger partial charge in [-0.2, -0.15) is 0 Å². The smallest absolute Gasteiger partial charge is 0.338 e. The van der Waals surface area contributed by atoms with Gasteiger partial charge in [-0.25, -0.2) is 4.79 Å². The molecule has 0 amide bonds. The summed E-state index contributed by atoms with van der Waals surface area (Å²) in [5, 5.41) is 47.6. The van der Waals surface area contributed by atoms with Crippen LogP contribution in [0.2, 0.25) is 0 Å². The lowest BCUT2D eigenvalue weighted by Crippen LogP contribution is -2.47. The van der Waals surface area contributed by atoms with Crippen molar-refractivity contribution in [2.45, 2.75) is 205 Å². The predicted octanol–water partition coefficient (Wildman–Crippen LogP) is 9.21. The van der Waals surface area contributed by atoms with Crippen LogP contribution in [0.4, 0.5) is 0 Å². The van der Waals surface area contributed by atoms with E-state index in [2.05, 4.69) is 6.92 Å². The number of hydrogen-bond donors (Lipinski definition) is 5. The van der Waals surface area contributed by atoms with Crippen LogP contribution in [0.25, 0.3) is 0 Å². The second kappa shape index (κ2) is 33.1. The van der Waals surface area contributed by atoms with Crippen molar-refractivity contribution in [1.29, 1.82) is 0 Å². The van der Waals surface area contributed by atoms with Gasteiger partial charge in [-0.05, 0) is 30.7 Å². The van der Waals surface area contributed by atoms with E-state index in [0.717, 1.165) is 12.8 Å². The monoisotopic (exact) mass is 709 g/mol. The van der Waals surface area contributed by atoms with Gasteiger partial charge in [0.2, 0.25) is 0 Å². The molecule has 5 N–H and O–H groups in total. The number of carbonyl (C=O) groups is 1. The predicted molar refractivity (Wildman–Crippen MR) is 204 cm³/mol. The highest BCUT2D eigenvalue weighted by molar-refractivity contribution is 5.89. The molecule has 8 nitrogen and oxygen atoms in total. The van der Waals surface area contributed by atoms with Crippen molar-refractivity contribution >= 4 is 5.97 Å². The molecule has 0 aliphatic carbocycles. The SMILES string of the molecule is CCCCCCCCCCCCCCCCCCCCCCCCCCCCCOc1ccc(C(=O)OC[C@@H](O)[C@@H](O)[C@H](O)[C@@H](O)CO)cc1. The first-order valence-corrected chi connectivity index (χ1v) is 20.6. The van der Waals surface area contributed by atoms with Crippen LogP contribution in [0.15, 0.2) is 24.3 Å². The number of unbranched alkanes of at least 4 members (excludes halogenated alkanes) is 26. The first-order chi connectivity index (χ1) is 24.4. The van der Waals surface area contributed by atoms with E-state index in [9.17, 15) is 25.2 Å². The number of benzene rings is 1. The van der Waals surface area contributed by atoms with Gasteiger partial charge in [-0.1, -0.05) is 174 Å². The van der Waals surface area contributed by atoms with Crippen molar-refractivity contribution in [2.75, 3.05) is 19.8 Å². The molecule has 1 aromatic carbocycles. The van der Waals surface area contributed by atoms with Crippen LogP contribution in [0.3, 0.4) is 0 Å². The molecule has 0 saturated carbocycles. The summed E-state index contributed by atoms with van der Waals surface area (Å²) < 4.78 is 10.8. The lowest BCUT2D eigenvalue weighted by molar-refractivity contribution is -0.124. The number of carbonyl (C=O) groups excluding carboxylic acids is 1. The molecule has 0 aliphatic heterocycles. The van der Waals surface area contributed by atoms with Crippen LogP contribution in [-0.2, 0) is 4.74 Å². The Morgan fingerprint density at radius 1 is 0.520 bits per heavy atom. The van der Waals surface area contributed by atoms with Crippen LogP contribution >= 0.6 is 0 Å². The Balaban J connectivity index is 1.85. The summed E-state index contributed by atoms with van der Waals surface area (Å²) in [5.74, 6) is -0.0430. The summed E-state index contributed by atoms with van der Waals surface area (Å²) in [7, 11) is 0. The van der Waals surface area contributed by atoms with Crippen LogP contribution < -0.4 is 4.74 Å². The zero-order valence-electron chi connectivity index (χ0n) is 31.8. The van der Waals surface area contributed by atoms with Crippen molar-refractivity contribution in [2.24, 2.45) is 0 Å². The van der Waals surface area contributed by atoms with Gasteiger partial charge in [0.15, 0.2) is 0 Å². The van der Waals surface area contributed by atoms with Gasteiger partial charge in [0.1, 0.15) is 36.8 Å². The van der Waals surface area contributed by atoms with E-state index in [1.165, 1.54) is 161 Å². The summed E-state index contributed by atoms with van der Waals surface area (Å²) in [6.45, 7) is 1.56. The summed E-state index contributed by atoms with van der Waals surface area (Å²) in [6.07, 6.45) is 30.5. The van der Waals surface area contributed by atoms with E-state index in [0.29, 0.717) is 12.4 Å². The molecule has 0 radical (unpaired) electrons. The molecule has 292 valence electrons. The molecule has 0 spiro atoms. The third kappa shape index (κ3) is 25.3. The minimum atomic E-state index is -1.78. The summed E-state index contributed by atoms with van der Waals surface area (Å²) in [4.78, 5) is 12.2. The molecule has 0 bridgehead atoms. The topological polar surface area (TPSA) is 137 Å². The van der Waals surface area contributed by atoms with Gasteiger partial charge in [0, 0.05) is 0 Å². The number of aliphatic hydroxyl groups excluding tert-OH is 5. The van der Waals surface area contributed by atoms with Gasteiger partial charge in [0.25, 0.3) is 0 Å². The fourth-order valence-corrected chi connectivity index (χ4v) is 6.38. The molecule has 0 fully saturated rings. The molecule has 4 atom stereocenters. The quantitative estimate of drug-likeness (QED) is 0.0344. The summed E-state index contributed by atoms with van der Waals surface area (Å²) >= 11 is 0. The van der Waals surface area contributed by atoms with Crippen molar-refractivity contribution in [3.8, 4) is 5.75 Å². The van der Waals surface area contributed by atoms with Crippen LogP contribution in [0.5, 0.6) is 5.75 Å². The normalized spacial score (nSPS) is 14.0. The Hall–Kier alpha value is -1.71. The third-order valence-electron chi connectivity index (χ3n) is 9.82. The van der Waals surface area contributed by atoms with E-state index in [4.69, 9.17) is 14.6 Å². The molecule has 50 heavy (non-hydrogen) atoms. The van der Waals surface area contributed by atoms with Crippen molar-refractivity contribution in [1.82, 2.24) is 0 Å². The van der Waals surface area contributed by atoms with Crippen molar-refractivity contribution < 1.29 is 39.8 Å². The fourth-order valence-electron chi connectivity index (χ4n) is 6.38. The lowest BCUT2D eigenvalue weighted by atomic mass is 10.0. The summed E-state index contributed by atoms with van der Waals surface area (Å²) in [5.41, 5.74) is 0.255. The van der Waals surface area contributed by atoms with Gasteiger partial charge >= 0.3 is 5.97 Å². The van der Waals surface area contributed by atoms with Gasteiger partial charge in [-0.15, -0.1) is 0 Å². The molecule has 8 heteroatoms.